The van der Waals surface area contributed by atoms with Crippen molar-refractivity contribution in [3.63, 3.8) is 0 Å². The van der Waals surface area contributed by atoms with Crippen LogP contribution in [0.25, 0.3) is 0 Å². The minimum Gasteiger partial charge on any atom is -0.496 e. The molecule has 27 heavy (non-hydrogen) atoms. The van der Waals surface area contributed by atoms with E-state index in [1.165, 1.54) is 0 Å². The van der Waals surface area contributed by atoms with Gasteiger partial charge in [0.1, 0.15) is 5.75 Å². The summed E-state index contributed by atoms with van der Waals surface area (Å²) in [6.07, 6.45) is 2.26. The molecule has 150 valence electrons. The molecule has 0 bridgehead atoms. The molecule has 1 fully saturated rings. The number of rotatable bonds is 8. The van der Waals surface area contributed by atoms with Crippen molar-refractivity contribution >= 4 is 11.9 Å². The molecular formula is C21H32N2O4. The first kappa shape index (κ1) is 21.2. The lowest BCUT2D eigenvalue weighted by atomic mass is 9.83. The summed E-state index contributed by atoms with van der Waals surface area (Å²) in [6, 6.07) is 8.05. The molecule has 0 saturated carbocycles. The van der Waals surface area contributed by atoms with Crippen LogP contribution >= 0.6 is 0 Å². The van der Waals surface area contributed by atoms with Crippen LogP contribution in [0.2, 0.25) is 0 Å². The lowest BCUT2D eigenvalue weighted by Gasteiger charge is -2.40. The highest BCUT2D eigenvalue weighted by molar-refractivity contribution is 5.82. The number of piperidine rings is 1. The molecule has 1 N–H and O–H groups in total. The number of nitrogens with zero attached hydrogens (tertiary/aromatic N) is 2. The summed E-state index contributed by atoms with van der Waals surface area (Å²) in [6.45, 7) is 8.08. The number of aliphatic carboxylic acids is 1. The Hall–Kier alpha value is -2.08. The number of carbonyl (C=O) groups excluding carboxylic acids is 1. The highest BCUT2D eigenvalue weighted by atomic mass is 16.5. The van der Waals surface area contributed by atoms with Gasteiger partial charge >= 0.3 is 5.97 Å². The molecule has 1 heterocycles. The fourth-order valence-electron chi connectivity index (χ4n) is 3.94. The van der Waals surface area contributed by atoms with Gasteiger partial charge in [-0.3, -0.25) is 14.5 Å². The number of carboxylic acids is 1. The molecule has 2 rings (SSSR count). The molecule has 0 aromatic heterocycles. The van der Waals surface area contributed by atoms with E-state index in [1.807, 2.05) is 54.8 Å². The van der Waals surface area contributed by atoms with Crippen LogP contribution in [0.4, 0.5) is 0 Å². The Labute approximate surface area is 162 Å². The van der Waals surface area contributed by atoms with Crippen LogP contribution in [0.15, 0.2) is 24.3 Å². The molecule has 0 radical (unpaired) electrons. The summed E-state index contributed by atoms with van der Waals surface area (Å²) in [5.41, 5.74) is 0.513. The van der Waals surface area contributed by atoms with E-state index in [2.05, 4.69) is 0 Å². The maximum atomic E-state index is 13.1. The zero-order valence-electron chi connectivity index (χ0n) is 16.9. The SMILES string of the molecule is CCN(CC(=O)O)C1CCN(C(=O)C(C)(C)Cc2ccccc2OC)CC1. The number of ether oxygens (including phenoxy) is 1. The third-order valence-corrected chi connectivity index (χ3v) is 5.42. The zero-order chi connectivity index (χ0) is 20.0. The number of hydrogen-bond acceptors (Lipinski definition) is 4. The number of likely N-dealkylation sites (N-methyl/N-ethyl adjacent to an activating group) is 1. The van der Waals surface area contributed by atoms with Crippen LogP contribution in [0.5, 0.6) is 5.75 Å². The average Bonchev–Trinajstić information content (AvgIpc) is 2.65. The molecule has 1 aromatic rings. The summed E-state index contributed by atoms with van der Waals surface area (Å²) < 4.78 is 5.42. The van der Waals surface area contributed by atoms with Crippen LogP contribution < -0.4 is 4.74 Å². The monoisotopic (exact) mass is 376 g/mol. The Balaban J connectivity index is 1.98. The van der Waals surface area contributed by atoms with Crippen molar-refractivity contribution in [3.05, 3.63) is 29.8 Å². The smallest absolute Gasteiger partial charge is 0.317 e. The molecule has 1 aliphatic rings. The average molecular weight is 376 g/mol. The largest absolute Gasteiger partial charge is 0.496 e. The lowest BCUT2D eigenvalue weighted by molar-refractivity contribution is -0.143. The third-order valence-electron chi connectivity index (χ3n) is 5.42. The van der Waals surface area contributed by atoms with Crippen LogP contribution in [0.3, 0.4) is 0 Å². The van der Waals surface area contributed by atoms with Gasteiger partial charge in [0, 0.05) is 24.5 Å². The van der Waals surface area contributed by atoms with E-state index in [-0.39, 0.29) is 18.5 Å². The van der Waals surface area contributed by atoms with Gasteiger partial charge in [-0.25, -0.2) is 0 Å². The molecule has 1 amide bonds. The van der Waals surface area contributed by atoms with Gasteiger partial charge in [-0.1, -0.05) is 39.0 Å². The Kier molecular flexibility index (Phi) is 7.25. The Bertz CT molecular complexity index is 651. The van der Waals surface area contributed by atoms with Crippen molar-refractivity contribution in [1.29, 1.82) is 0 Å². The van der Waals surface area contributed by atoms with Gasteiger partial charge in [0.25, 0.3) is 0 Å². The number of para-hydroxylation sites is 1. The Morgan fingerprint density at radius 3 is 2.44 bits per heavy atom. The van der Waals surface area contributed by atoms with Crippen molar-refractivity contribution in [2.24, 2.45) is 5.41 Å². The molecule has 0 aliphatic carbocycles. The van der Waals surface area contributed by atoms with Crippen molar-refractivity contribution in [3.8, 4) is 5.75 Å². The number of carboxylic acid groups (broad SMARTS) is 1. The van der Waals surface area contributed by atoms with Gasteiger partial charge in [-0.2, -0.15) is 0 Å². The first-order valence-electron chi connectivity index (χ1n) is 9.65. The summed E-state index contributed by atoms with van der Waals surface area (Å²) in [5.74, 6) is 0.158. The second-order valence-corrected chi connectivity index (χ2v) is 7.85. The van der Waals surface area contributed by atoms with Crippen LogP contribution in [0, 0.1) is 5.41 Å². The number of amides is 1. The van der Waals surface area contributed by atoms with Gasteiger partial charge in [-0.15, -0.1) is 0 Å². The number of carbonyl (C=O) groups is 2. The highest BCUT2D eigenvalue weighted by Crippen LogP contribution is 2.31. The quantitative estimate of drug-likeness (QED) is 0.755. The minimum absolute atomic E-state index is 0.0639. The van der Waals surface area contributed by atoms with Gasteiger partial charge < -0.3 is 14.7 Å². The number of hydrogen-bond donors (Lipinski definition) is 1. The molecule has 0 spiro atoms. The first-order valence-corrected chi connectivity index (χ1v) is 9.65. The van der Waals surface area contributed by atoms with Crippen LogP contribution in [0.1, 0.15) is 39.2 Å². The second kappa shape index (κ2) is 9.22. The van der Waals surface area contributed by atoms with E-state index in [9.17, 15) is 9.59 Å². The molecule has 1 saturated heterocycles. The van der Waals surface area contributed by atoms with E-state index < -0.39 is 11.4 Å². The fourth-order valence-corrected chi connectivity index (χ4v) is 3.94. The van der Waals surface area contributed by atoms with E-state index >= 15 is 0 Å². The van der Waals surface area contributed by atoms with Crippen LogP contribution in [-0.2, 0) is 16.0 Å². The van der Waals surface area contributed by atoms with E-state index in [0.717, 1.165) is 24.2 Å². The number of likely N-dealkylation sites (tertiary alicyclic amines) is 1. The van der Waals surface area contributed by atoms with Crippen molar-refractivity contribution in [1.82, 2.24) is 9.80 Å². The summed E-state index contributed by atoms with van der Waals surface area (Å²) in [5, 5.41) is 9.06. The minimum atomic E-state index is -0.798. The predicted octanol–water partition coefficient (Wildman–Crippen LogP) is 2.66. The highest BCUT2D eigenvalue weighted by Gasteiger charge is 2.35. The maximum absolute atomic E-state index is 13.1. The molecule has 6 heteroatoms. The molecular weight excluding hydrogens is 344 g/mol. The normalized spacial score (nSPS) is 15.8. The molecule has 0 unspecified atom stereocenters. The third kappa shape index (κ3) is 5.45. The van der Waals surface area contributed by atoms with Crippen molar-refractivity contribution in [2.75, 3.05) is 33.3 Å². The maximum Gasteiger partial charge on any atom is 0.317 e. The zero-order valence-corrected chi connectivity index (χ0v) is 16.9. The second-order valence-electron chi connectivity index (χ2n) is 7.85. The topological polar surface area (TPSA) is 70.1 Å². The summed E-state index contributed by atoms with van der Waals surface area (Å²) >= 11 is 0. The van der Waals surface area contributed by atoms with Crippen LogP contribution in [-0.4, -0.2) is 66.1 Å². The summed E-state index contributed by atoms with van der Waals surface area (Å²) in [4.78, 5) is 28.1. The van der Waals surface area contributed by atoms with Gasteiger partial charge in [0.05, 0.1) is 13.7 Å². The molecule has 6 nitrogen and oxygen atoms in total. The van der Waals surface area contributed by atoms with Gasteiger partial charge in [0.15, 0.2) is 0 Å². The van der Waals surface area contributed by atoms with E-state index in [1.54, 1.807) is 7.11 Å². The van der Waals surface area contributed by atoms with Gasteiger partial charge in [0.2, 0.25) is 5.91 Å². The lowest BCUT2D eigenvalue weighted by Crippen LogP contribution is -2.51. The molecule has 1 aromatic carbocycles. The van der Waals surface area contributed by atoms with E-state index in [0.29, 0.717) is 26.1 Å². The van der Waals surface area contributed by atoms with E-state index in [4.69, 9.17) is 9.84 Å². The summed E-state index contributed by atoms with van der Waals surface area (Å²) in [7, 11) is 1.65. The Morgan fingerprint density at radius 1 is 1.26 bits per heavy atom. The Morgan fingerprint density at radius 2 is 1.89 bits per heavy atom. The standard InChI is InChI=1S/C21H32N2O4/c1-5-22(15-19(24)25)17-10-12-23(13-11-17)20(26)21(2,3)14-16-8-6-7-9-18(16)27-4/h6-9,17H,5,10-15H2,1-4H3,(H,24,25). The van der Waals surface area contributed by atoms with Gasteiger partial charge in [-0.05, 0) is 37.4 Å². The van der Waals surface area contributed by atoms with Crippen molar-refractivity contribution < 1.29 is 19.4 Å². The first-order chi connectivity index (χ1) is 12.8. The molecule has 0 atom stereocenters. The number of methoxy groups -OCH3 is 1. The van der Waals surface area contributed by atoms with Crippen molar-refractivity contribution in [2.45, 2.75) is 46.1 Å². The fraction of sp³-hybridized carbons (Fsp3) is 0.619. The number of benzene rings is 1. The molecule has 1 aliphatic heterocycles. The predicted molar refractivity (Wildman–Crippen MR) is 105 cm³/mol.